The first-order chi connectivity index (χ1) is 10.2. The van der Waals surface area contributed by atoms with Crippen molar-refractivity contribution in [1.29, 1.82) is 0 Å². The van der Waals surface area contributed by atoms with Crippen molar-refractivity contribution in [2.45, 2.75) is 13.0 Å². The fraction of sp³-hybridized carbons (Fsp3) is 0.125. The van der Waals surface area contributed by atoms with Crippen molar-refractivity contribution >= 4 is 11.6 Å². The molecule has 0 unspecified atom stereocenters. The summed E-state index contributed by atoms with van der Waals surface area (Å²) in [5.74, 6) is 0.954. The van der Waals surface area contributed by atoms with Crippen LogP contribution in [0.2, 0.25) is 0 Å². The van der Waals surface area contributed by atoms with E-state index in [-0.39, 0.29) is 6.04 Å². The van der Waals surface area contributed by atoms with Crippen LogP contribution in [-0.2, 0) is 0 Å². The lowest BCUT2D eigenvalue weighted by Crippen LogP contribution is -2.11. The summed E-state index contributed by atoms with van der Waals surface area (Å²) in [5.41, 5.74) is 8.67. The predicted molar refractivity (Wildman–Crippen MR) is 82.6 cm³/mol. The molecule has 1 atom stereocenters. The Morgan fingerprint density at radius 1 is 1.19 bits per heavy atom. The highest BCUT2D eigenvalue weighted by Crippen LogP contribution is 2.24. The number of aromatic nitrogens is 2. The number of furan rings is 1. The smallest absolute Gasteiger partial charge is 0.170 e. The first-order valence-corrected chi connectivity index (χ1v) is 6.70. The van der Waals surface area contributed by atoms with Gasteiger partial charge in [-0.2, -0.15) is 0 Å². The number of benzene rings is 1. The molecular weight excluding hydrogens is 264 g/mol. The summed E-state index contributed by atoms with van der Waals surface area (Å²) in [7, 11) is 0. The number of hydrogen-bond donors (Lipinski definition) is 2. The van der Waals surface area contributed by atoms with Crippen LogP contribution in [0.3, 0.4) is 0 Å². The van der Waals surface area contributed by atoms with Crippen LogP contribution in [0.15, 0.2) is 59.5 Å². The Labute approximate surface area is 122 Å². The SMILES string of the molecule is C[C@H](Nc1nc(-c2ccoc2)cnc1N)c1ccccc1. The fourth-order valence-corrected chi connectivity index (χ4v) is 2.08. The number of nitrogens with one attached hydrogen (secondary N) is 1. The summed E-state index contributed by atoms with van der Waals surface area (Å²) in [6, 6.07) is 12.0. The second kappa shape index (κ2) is 5.66. The van der Waals surface area contributed by atoms with Gasteiger partial charge >= 0.3 is 0 Å². The maximum atomic E-state index is 5.91. The Kier molecular flexibility index (Phi) is 3.55. The molecular formula is C16H16N4O. The highest BCUT2D eigenvalue weighted by molar-refractivity contribution is 5.64. The molecule has 5 heteroatoms. The Morgan fingerprint density at radius 2 is 2.00 bits per heavy atom. The molecule has 0 amide bonds. The first-order valence-electron chi connectivity index (χ1n) is 6.70. The Balaban J connectivity index is 1.86. The van der Waals surface area contributed by atoms with Crippen molar-refractivity contribution in [2.24, 2.45) is 0 Å². The second-order valence-electron chi connectivity index (χ2n) is 4.78. The van der Waals surface area contributed by atoms with Gasteiger partial charge < -0.3 is 15.5 Å². The fourth-order valence-electron chi connectivity index (χ4n) is 2.08. The molecule has 3 rings (SSSR count). The molecule has 3 N–H and O–H groups in total. The average molecular weight is 280 g/mol. The van der Waals surface area contributed by atoms with E-state index in [0.717, 1.165) is 16.8 Å². The molecule has 0 saturated carbocycles. The minimum absolute atomic E-state index is 0.0856. The molecule has 0 aliphatic rings. The zero-order valence-corrected chi connectivity index (χ0v) is 11.7. The predicted octanol–water partition coefficient (Wildman–Crippen LogP) is 3.49. The first kappa shape index (κ1) is 13.2. The van der Waals surface area contributed by atoms with Crippen LogP contribution in [0, 0.1) is 0 Å². The van der Waals surface area contributed by atoms with Gasteiger partial charge in [0.1, 0.15) is 0 Å². The van der Waals surface area contributed by atoms with Gasteiger partial charge in [0, 0.05) is 5.56 Å². The minimum Gasteiger partial charge on any atom is -0.472 e. The third kappa shape index (κ3) is 2.86. The van der Waals surface area contributed by atoms with Crippen molar-refractivity contribution in [3.05, 3.63) is 60.7 Å². The van der Waals surface area contributed by atoms with Gasteiger partial charge in [0.05, 0.1) is 30.5 Å². The average Bonchev–Trinajstić information content (AvgIpc) is 3.04. The largest absolute Gasteiger partial charge is 0.472 e. The molecule has 0 saturated heterocycles. The number of nitrogens with zero attached hydrogens (tertiary/aromatic N) is 2. The van der Waals surface area contributed by atoms with Crippen molar-refractivity contribution < 1.29 is 4.42 Å². The molecule has 106 valence electrons. The Morgan fingerprint density at radius 3 is 2.71 bits per heavy atom. The van der Waals surface area contributed by atoms with Gasteiger partial charge in [0.2, 0.25) is 0 Å². The number of nitrogen functional groups attached to an aromatic ring is 1. The third-order valence-electron chi connectivity index (χ3n) is 3.27. The van der Waals surface area contributed by atoms with Gasteiger partial charge in [0.25, 0.3) is 0 Å². The molecule has 3 aromatic rings. The van der Waals surface area contributed by atoms with E-state index in [4.69, 9.17) is 10.2 Å². The van der Waals surface area contributed by atoms with Gasteiger partial charge in [0.15, 0.2) is 11.6 Å². The minimum atomic E-state index is 0.0856. The van der Waals surface area contributed by atoms with Crippen LogP contribution in [0.4, 0.5) is 11.6 Å². The molecule has 0 aliphatic carbocycles. The topological polar surface area (TPSA) is 77.0 Å². The van der Waals surface area contributed by atoms with E-state index < -0.39 is 0 Å². The lowest BCUT2D eigenvalue weighted by Gasteiger charge is -2.16. The number of hydrogen-bond acceptors (Lipinski definition) is 5. The lowest BCUT2D eigenvalue weighted by atomic mass is 10.1. The van der Waals surface area contributed by atoms with Crippen molar-refractivity contribution in [3.63, 3.8) is 0 Å². The van der Waals surface area contributed by atoms with Gasteiger partial charge in [-0.3, -0.25) is 0 Å². The van der Waals surface area contributed by atoms with Gasteiger partial charge in [-0.05, 0) is 18.6 Å². The normalized spacial score (nSPS) is 12.0. The highest BCUT2D eigenvalue weighted by Gasteiger charge is 2.11. The summed E-state index contributed by atoms with van der Waals surface area (Å²) in [6.45, 7) is 2.06. The summed E-state index contributed by atoms with van der Waals surface area (Å²) < 4.78 is 5.07. The standard InChI is InChI=1S/C16H16N4O/c1-11(12-5-3-2-4-6-12)19-16-15(17)18-9-14(20-16)13-7-8-21-10-13/h2-11H,1H3,(H2,17,18)(H,19,20)/t11-/m0/s1. The monoisotopic (exact) mass is 280 g/mol. The summed E-state index contributed by atoms with van der Waals surface area (Å²) in [4.78, 5) is 8.71. The molecule has 0 radical (unpaired) electrons. The van der Waals surface area contributed by atoms with Crippen molar-refractivity contribution in [2.75, 3.05) is 11.1 Å². The van der Waals surface area contributed by atoms with Crippen molar-refractivity contribution in [1.82, 2.24) is 9.97 Å². The van der Waals surface area contributed by atoms with E-state index in [9.17, 15) is 0 Å². The van der Waals surface area contributed by atoms with E-state index in [1.165, 1.54) is 0 Å². The van der Waals surface area contributed by atoms with Gasteiger partial charge in [-0.15, -0.1) is 0 Å². The Bertz CT molecular complexity index is 710. The zero-order valence-electron chi connectivity index (χ0n) is 11.7. The maximum Gasteiger partial charge on any atom is 0.170 e. The van der Waals surface area contributed by atoms with E-state index in [0.29, 0.717) is 11.6 Å². The molecule has 5 nitrogen and oxygen atoms in total. The summed E-state index contributed by atoms with van der Waals surface area (Å²) >= 11 is 0. The van der Waals surface area contributed by atoms with Crippen LogP contribution >= 0.6 is 0 Å². The van der Waals surface area contributed by atoms with E-state index >= 15 is 0 Å². The second-order valence-corrected chi connectivity index (χ2v) is 4.78. The van der Waals surface area contributed by atoms with Crippen LogP contribution in [0.5, 0.6) is 0 Å². The number of rotatable bonds is 4. The molecule has 0 bridgehead atoms. The number of anilines is 2. The summed E-state index contributed by atoms with van der Waals surface area (Å²) in [5, 5.41) is 3.30. The van der Waals surface area contributed by atoms with Gasteiger partial charge in [-0.25, -0.2) is 9.97 Å². The maximum absolute atomic E-state index is 5.91. The molecule has 1 aromatic carbocycles. The van der Waals surface area contributed by atoms with E-state index in [2.05, 4.69) is 34.3 Å². The lowest BCUT2D eigenvalue weighted by molar-refractivity contribution is 0.568. The van der Waals surface area contributed by atoms with Crippen LogP contribution in [0.1, 0.15) is 18.5 Å². The molecule has 0 fully saturated rings. The molecule has 0 aliphatic heterocycles. The third-order valence-corrected chi connectivity index (χ3v) is 3.27. The highest BCUT2D eigenvalue weighted by atomic mass is 16.3. The molecule has 0 spiro atoms. The van der Waals surface area contributed by atoms with Crippen LogP contribution in [0.25, 0.3) is 11.3 Å². The zero-order chi connectivity index (χ0) is 14.7. The molecule has 2 heterocycles. The summed E-state index contributed by atoms with van der Waals surface area (Å²) in [6.07, 6.45) is 4.87. The Hall–Kier alpha value is -2.82. The quantitative estimate of drug-likeness (QED) is 0.765. The molecule has 2 aromatic heterocycles. The van der Waals surface area contributed by atoms with E-state index in [1.54, 1.807) is 18.7 Å². The molecule has 21 heavy (non-hydrogen) atoms. The number of nitrogens with two attached hydrogens (primary N) is 1. The van der Waals surface area contributed by atoms with Gasteiger partial charge in [-0.1, -0.05) is 30.3 Å². The van der Waals surface area contributed by atoms with E-state index in [1.807, 2.05) is 24.3 Å². The van der Waals surface area contributed by atoms with Crippen molar-refractivity contribution in [3.8, 4) is 11.3 Å². The van der Waals surface area contributed by atoms with Crippen LogP contribution in [-0.4, -0.2) is 9.97 Å². The van der Waals surface area contributed by atoms with Crippen LogP contribution < -0.4 is 11.1 Å².